The molecule has 0 radical (unpaired) electrons. The lowest BCUT2D eigenvalue weighted by atomic mass is 9.97. The quantitative estimate of drug-likeness (QED) is 0.495. The number of benzene rings is 1. The Bertz CT molecular complexity index is 887. The lowest BCUT2D eigenvalue weighted by molar-refractivity contribution is -0.136. The largest absolute Gasteiger partial charge is 0.467 e. The number of para-hydroxylation sites is 1. The van der Waals surface area contributed by atoms with Crippen molar-refractivity contribution in [1.29, 1.82) is 0 Å². The van der Waals surface area contributed by atoms with Crippen molar-refractivity contribution in [3.63, 3.8) is 0 Å². The second-order valence-corrected chi connectivity index (χ2v) is 6.88. The normalized spacial score (nSPS) is 13.3. The topological polar surface area (TPSA) is 100 Å². The van der Waals surface area contributed by atoms with E-state index in [1.165, 1.54) is 24.7 Å². The van der Waals surface area contributed by atoms with Crippen LogP contribution in [-0.4, -0.2) is 24.3 Å². The van der Waals surface area contributed by atoms with Crippen molar-refractivity contribution < 1.29 is 18.8 Å². The van der Waals surface area contributed by atoms with Gasteiger partial charge in [0.15, 0.2) is 0 Å². The monoisotopic (exact) mass is 395 g/mol. The number of allylic oxidation sites excluding steroid dienone is 1. The van der Waals surface area contributed by atoms with Gasteiger partial charge in [0.05, 0.1) is 24.1 Å². The summed E-state index contributed by atoms with van der Waals surface area (Å²) < 4.78 is 5.19. The first-order valence-electron chi connectivity index (χ1n) is 9.80. The van der Waals surface area contributed by atoms with Crippen LogP contribution in [0.2, 0.25) is 0 Å². The SMILES string of the molecule is O=C(NCCC1=CCCCC1)C(=O)Nc1ccccc1C(=O)NCc1ccco1. The zero-order chi connectivity index (χ0) is 20.5. The van der Waals surface area contributed by atoms with Crippen LogP contribution in [0.3, 0.4) is 0 Å². The molecule has 3 amide bonds. The molecule has 7 nitrogen and oxygen atoms in total. The number of hydrogen-bond acceptors (Lipinski definition) is 4. The van der Waals surface area contributed by atoms with Crippen molar-refractivity contribution in [2.45, 2.75) is 38.6 Å². The van der Waals surface area contributed by atoms with Crippen LogP contribution in [0, 0.1) is 0 Å². The molecule has 0 saturated carbocycles. The zero-order valence-electron chi connectivity index (χ0n) is 16.2. The first-order chi connectivity index (χ1) is 14.1. The number of carbonyl (C=O) groups excluding carboxylic acids is 3. The van der Waals surface area contributed by atoms with Crippen LogP contribution in [-0.2, 0) is 16.1 Å². The van der Waals surface area contributed by atoms with E-state index in [9.17, 15) is 14.4 Å². The molecule has 1 aromatic heterocycles. The van der Waals surface area contributed by atoms with E-state index in [-0.39, 0.29) is 23.7 Å². The minimum atomic E-state index is -0.797. The van der Waals surface area contributed by atoms with E-state index in [1.807, 2.05) is 0 Å². The van der Waals surface area contributed by atoms with Crippen molar-refractivity contribution in [2.24, 2.45) is 0 Å². The number of amides is 3. The second-order valence-electron chi connectivity index (χ2n) is 6.88. The fourth-order valence-corrected chi connectivity index (χ4v) is 3.19. The molecular formula is C22H25N3O4. The Morgan fingerprint density at radius 2 is 1.83 bits per heavy atom. The van der Waals surface area contributed by atoms with Crippen LogP contribution < -0.4 is 16.0 Å². The third kappa shape index (κ3) is 6.07. The van der Waals surface area contributed by atoms with E-state index in [0.717, 1.165) is 19.3 Å². The van der Waals surface area contributed by atoms with Crippen LogP contribution in [0.15, 0.2) is 58.7 Å². The summed E-state index contributed by atoms with van der Waals surface area (Å²) in [5, 5.41) is 7.88. The molecule has 0 aliphatic heterocycles. The fourth-order valence-electron chi connectivity index (χ4n) is 3.19. The molecule has 2 aromatic rings. The number of hydrogen-bond donors (Lipinski definition) is 3. The van der Waals surface area contributed by atoms with Gasteiger partial charge in [-0.2, -0.15) is 0 Å². The smallest absolute Gasteiger partial charge is 0.313 e. The van der Waals surface area contributed by atoms with Crippen LogP contribution >= 0.6 is 0 Å². The summed E-state index contributed by atoms with van der Waals surface area (Å²) >= 11 is 0. The summed E-state index contributed by atoms with van der Waals surface area (Å²) in [4.78, 5) is 36.8. The van der Waals surface area contributed by atoms with Gasteiger partial charge in [-0.3, -0.25) is 14.4 Å². The highest BCUT2D eigenvalue weighted by atomic mass is 16.3. The zero-order valence-corrected chi connectivity index (χ0v) is 16.2. The average Bonchev–Trinajstić information content (AvgIpc) is 3.27. The second kappa shape index (κ2) is 10.3. The summed E-state index contributed by atoms with van der Waals surface area (Å²) in [5.74, 6) is -1.27. The van der Waals surface area contributed by atoms with Gasteiger partial charge >= 0.3 is 11.8 Å². The predicted octanol–water partition coefficient (Wildman–Crippen LogP) is 3.15. The summed E-state index contributed by atoms with van der Waals surface area (Å²) in [5.41, 5.74) is 1.88. The van der Waals surface area contributed by atoms with Crippen molar-refractivity contribution in [2.75, 3.05) is 11.9 Å². The van der Waals surface area contributed by atoms with Gasteiger partial charge in [0, 0.05) is 6.54 Å². The van der Waals surface area contributed by atoms with Gasteiger partial charge < -0.3 is 20.4 Å². The number of anilines is 1. The Kier molecular flexibility index (Phi) is 7.22. The van der Waals surface area contributed by atoms with Crippen molar-refractivity contribution >= 4 is 23.4 Å². The van der Waals surface area contributed by atoms with Gasteiger partial charge in [0.25, 0.3) is 5.91 Å². The molecule has 29 heavy (non-hydrogen) atoms. The van der Waals surface area contributed by atoms with Gasteiger partial charge in [-0.1, -0.05) is 23.8 Å². The molecule has 1 aromatic carbocycles. The number of carbonyl (C=O) groups is 3. The van der Waals surface area contributed by atoms with E-state index in [1.54, 1.807) is 36.4 Å². The molecule has 0 atom stereocenters. The Labute approximate surface area is 169 Å². The standard InChI is InChI=1S/C22H25N3O4/c26-20(24-15-17-9-6-14-29-17)18-10-4-5-11-19(18)25-22(28)21(27)23-13-12-16-7-2-1-3-8-16/h4-7,9-11,14H,1-3,8,12-13,15H2,(H,23,27)(H,24,26)(H,25,28). The van der Waals surface area contributed by atoms with Gasteiger partial charge in [-0.15, -0.1) is 0 Å². The lowest BCUT2D eigenvalue weighted by Gasteiger charge is -2.13. The molecule has 0 bridgehead atoms. The van der Waals surface area contributed by atoms with Crippen LogP contribution in [0.25, 0.3) is 0 Å². The highest BCUT2D eigenvalue weighted by molar-refractivity contribution is 6.40. The maximum absolute atomic E-state index is 12.4. The molecule has 7 heteroatoms. The Morgan fingerprint density at radius 1 is 0.966 bits per heavy atom. The third-order valence-electron chi connectivity index (χ3n) is 4.75. The molecule has 0 spiro atoms. The molecule has 0 saturated heterocycles. The van der Waals surface area contributed by atoms with E-state index in [0.29, 0.717) is 12.3 Å². The third-order valence-corrected chi connectivity index (χ3v) is 4.75. The van der Waals surface area contributed by atoms with E-state index < -0.39 is 11.8 Å². The van der Waals surface area contributed by atoms with Crippen molar-refractivity contribution in [3.8, 4) is 0 Å². The maximum atomic E-state index is 12.4. The Balaban J connectivity index is 1.52. The van der Waals surface area contributed by atoms with Crippen LogP contribution in [0.5, 0.6) is 0 Å². The van der Waals surface area contributed by atoms with E-state index in [2.05, 4.69) is 22.0 Å². The molecular weight excluding hydrogens is 370 g/mol. The number of nitrogens with one attached hydrogen (secondary N) is 3. The predicted molar refractivity (Wildman–Crippen MR) is 109 cm³/mol. The Hall–Kier alpha value is -3.35. The van der Waals surface area contributed by atoms with E-state index >= 15 is 0 Å². The van der Waals surface area contributed by atoms with Gasteiger partial charge in [0.1, 0.15) is 5.76 Å². The molecule has 1 heterocycles. The van der Waals surface area contributed by atoms with Crippen LogP contribution in [0.1, 0.15) is 48.2 Å². The summed E-state index contributed by atoms with van der Waals surface area (Å²) in [7, 11) is 0. The molecule has 152 valence electrons. The van der Waals surface area contributed by atoms with Crippen LogP contribution in [0.4, 0.5) is 5.69 Å². The minimum absolute atomic E-state index is 0.227. The fraction of sp³-hybridized carbons (Fsp3) is 0.318. The molecule has 1 aliphatic carbocycles. The maximum Gasteiger partial charge on any atom is 0.313 e. The summed E-state index contributed by atoms with van der Waals surface area (Å²) in [6.45, 7) is 0.647. The van der Waals surface area contributed by atoms with Crippen molar-refractivity contribution in [3.05, 3.63) is 65.6 Å². The van der Waals surface area contributed by atoms with Gasteiger partial charge in [0.2, 0.25) is 0 Å². The number of furan rings is 1. The summed E-state index contributed by atoms with van der Waals surface area (Å²) in [6.07, 6.45) is 9.04. The number of rotatable bonds is 7. The first-order valence-corrected chi connectivity index (χ1v) is 9.80. The first kappa shape index (κ1) is 20.4. The van der Waals surface area contributed by atoms with Gasteiger partial charge in [-0.05, 0) is 56.4 Å². The molecule has 0 fully saturated rings. The van der Waals surface area contributed by atoms with Crippen molar-refractivity contribution in [1.82, 2.24) is 10.6 Å². The summed E-state index contributed by atoms with van der Waals surface area (Å²) in [6, 6.07) is 10.0. The highest BCUT2D eigenvalue weighted by Gasteiger charge is 2.18. The van der Waals surface area contributed by atoms with Gasteiger partial charge in [-0.25, -0.2) is 0 Å². The molecule has 3 N–H and O–H groups in total. The highest BCUT2D eigenvalue weighted by Crippen LogP contribution is 2.19. The minimum Gasteiger partial charge on any atom is -0.467 e. The Morgan fingerprint density at radius 3 is 2.59 bits per heavy atom. The molecule has 0 unspecified atom stereocenters. The average molecular weight is 395 g/mol. The lowest BCUT2D eigenvalue weighted by Crippen LogP contribution is -2.36. The molecule has 3 rings (SSSR count). The van der Waals surface area contributed by atoms with E-state index in [4.69, 9.17) is 4.42 Å². The molecule has 1 aliphatic rings.